The molecule has 26 heavy (non-hydrogen) atoms. The van der Waals surface area contributed by atoms with Crippen LogP contribution in [0.1, 0.15) is 20.8 Å². The lowest BCUT2D eigenvalue weighted by molar-refractivity contribution is 0.0532. The van der Waals surface area contributed by atoms with Crippen LogP contribution in [0.25, 0.3) is 5.69 Å². The Hall–Kier alpha value is -2.49. The molecule has 1 N–H and O–H groups in total. The van der Waals surface area contributed by atoms with Gasteiger partial charge in [0.05, 0.1) is 18.6 Å². The molecule has 0 aliphatic rings. The van der Waals surface area contributed by atoms with Gasteiger partial charge in [0, 0.05) is 12.7 Å². The molecular weight excluding hydrogens is 409 g/mol. The largest absolute Gasteiger partial charge is 0.444 e. The van der Waals surface area contributed by atoms with Gasteiger partial charge in [-0.1, -0.05) is 0 Å². The summed E-state index contributed by atoms with van der Waals surface area (Å²) < 4.78 is 21.2. The maximum atomic E-state index is 13.1. The van der Waals surface area contributed by atoms with E-state index in [1.807, 2.05) is 0 Å². The van der Waals surface area contributed by atoms with Gasteiger partial charge in [-0.2, -0.15) is 5.10 Å². The fourth-order valence-electron chi connectivity index (χ4n) is 1.99. The number of carbonyl (C=O) groups excluding carboxylic acids is 1. The van der Waals surface area contributed by atoms with Crippen molar-refractivity contribution in [2.45, 2.75) is 32.9 Å². The van der Waals surface area contributed by atoms with Crippen LogP contribution in [-0.2, 0) is 11.3 Å². The van der Waals surface area contributed by atoms with Gasteiger partial charge in [-0.3, -0.25) is 0 Å². The summed E-state index contributed by atoms with van der Waals surface area (Å²) in [6.07, 6.45) is 2.55. The first-order valence-electron chi connectivity index (χ1n) is 7.71. The van der Waals surface area contributed by atoms with Gasteiger partial charge in [0.25, 0.3) is 0 Å². The molecule has 0 fully saturated rings. The van der Waals surface area contributed by atoms with E-state index in [0.717, 1.165) is 4.68 Å². The molecule has 2 aromatic heterocycles. The number of hydrogen-bond acceptors (Lipinski definition) is 5. The van der Waals surface area contributed by atoms with Crippen LogP contribution in [0.15, 0.2) is 46.0 Å². The number of pyridine rings is 1. The fourth-order valence-corrected chi connectivity index (χ4v) is 2.34. The molecule has 8 nitrogen and oxygen atoms in total. The Morgan fingerprint density at radius 3 is 2.81 bits per heavy atom. The second-order valence-electron chi connectivity index (χ2n) is 6.40. The van der Waals surface area contributed by atoms with E-state index in [0.29, 0.717) is 16.6 Å². The Morgan fingerprint density at radius 1 is 1.46 bits per heavy atom. The Balaban J connectivity index is 2.06. The van der Waals surface area contributed by atoms with Gasteiger partial charge < -0.3 is 10.1 Å². The normalized spacial score (nSPS) is 12.1. The number of alkyl carbamates (subject to hydrolysis) is 1. The second kappa shape index (κ2) is 8.26. The van der Waals surface area contributed by atoms with E-state index in [4.69, 9.17) is 4.74 Å². The molecule has 0 aliphatic heterocycles. The topological polar surface area (TPSA) is 91.0 Å². The fraction of sp³-hybridized carbons (Fsp3) is 0.375. The van der Waals surface area contributed by atoms with Crippen molar-refractivity contribution < 1.29 is 13.9 Å². The number of nitrogens with zero attached hydrogens (tertiary/aromatic N) is 4. The molecule has 2 rings (SSSR count). The molecule has 0 atom stereocenters. The zero-order valence-corrected chi connectivity index (χ0v) is 16.2. The lowest BCUT2D eigenvalue weighted by Gasteiger charge is -2.19. The summed E-state index contributed by atoms with van der Waals surface area (Å²) >= 11 is 3.23. The van der Waals surface area contributed by atoms with Crippen LogP contribution in [0.2, 0.25) is 0 Å². The molecule has 140 valence electrons. The minimum absolute atomic E-state index is 0.106. The highest BCUT2D eigenvalue weighted by atomic mass is 79.9. The highest BCUT2D eigenvalue weighted by Gasteiger charge is 2.16. The molecule has 1 amide bonds. The number of hydrogen-bond donors (Lipinski definition) is 1. The Labute approximate surface area is 157 Å². The molecule has 0 saturated heterocycles. The van der Waals surface area contributed by atoms with Gasteiger partial charge in [-0.05, 0) is 54.4 Å². The maximum Gasteiger partial charge on any atom is 0.407 e. The van der Waals surface area contributed by atoms with Gasteiger partial charge in [0.2, 0.25) is 0 Å². The Bertz CT molecular complexity index is 869. The van der Waals surface area contributed by atoms with Crippen molar-refractivity contribution in [3.63, 3.8) is 0 Å². The van der Waals surface area contributed by atoms with Crippen molar-refractivity contribution in [1.82, 2.24) is 24.6 Å². The molecule has 0 spiro atoms. The van der Waals surface area contributed by atoms with Crippen molar-refractivity contribution in [1.29, 1.82) is 0 Å². The van der Waals surface area contributed by atoms with E-state index in [-0.39, 0.29) is 18.7 Å². The predicted octanol–water partition coefficient (Wildman–Crippen LogP) is 2.57. The van der Waals surface area contributed by atoms with E-state index in [9.17, 15) is 14.0 Å². The number of halogens is 2. The summed E-state index contributed by atoms with van der Waals surface area (Å²) in [5, 5.41) is 6.42. The van der Waals surface area contributed by atoms with E-state index in [1.54, 1.807) is 39.1 Å². The van der Waals surface area contributed by atoms with Gasteiger partial charge in [-0.15, -0.1) is 0 Å². The SMILES string of the molecule is CC(C)(C)OC(=O)NCC(=CF)Cn1ncn(-c2ccnc(Br)c2)c1=O. The standard InChI is InChI=1S/C16H19BrFN5O3/c1-16(2,3)26-14(24)20-8-11(7-18)9-23-15(25)22(10-21-23)12-4-5-19-13(17)6-12/h4-7,10H,8-9H2,1-3H3,(H,20,24). The van der Waals surface area contributed by atoms with Gasteiger partial charge in [-0.25, -0.2) is 28.2 Å². The van der Waals surface area contributed by atoms with Gasteiger partial charge in [0.15, 0.2) is 0 Å². The lowest BCUT2D eigenvalue weighted by Crippen LogP contribution is -2.34. The summed E-state index contributed by atoms with van der Waals surface area (Å²) in [6, 6.07) is 3.30. The van der Waals surface area contributed by atoms with Crippen molar-refractivity contribution in [3.05, 3.63) is 51.6 Å². The quantitative estimate of drug-likeness (QED) is 0.740. The van der Waals surface area contributed by atoms with Crippen molar-refractivity contribution in [2.75, 3.05) is 6.54 Å². The molecule has 0 aliphatic carbocycles. The zero-order valence-electron chi connectivity index (χ0n) is 14.6. The van der Waals surface area contributed by atoms with E-state index >= 15 is 0 Å². The average molecular weight is 428 g/mol. The third-order valence-electron chi connectivity index (χ3n) is 3.09. The molecule has 2 heterocycles. The Kier molecular flexibility index (Phi) is 6.30. The van der Waals surface area contributed by atoms with Gasteiger partial charge >= 0.3 is 11.8 Å². The summed E-state index contributed by atoms with van der Waals surface area (Å²) in [5.41, 5.74) is -0.363. The number of rotatable bonds is 5. The van der Waals surface area contributed by atoms with Crippen LogP contribution in [0, 0.1) is 0 Å². The highest BCUT2D eigenvalue weighted by Crippen LogP contribution is 2.11. The summed E-state index contributed by atoms with van der Waals surface area (Å²) in [4.78, 5) is 28.1. The third-order valence-corrected chi connectivity index (χ3v) is 3.52. The minimum Gasteiger partial charge on any atom is -0.444 e. The summed E-state index contributed by atoms with van der Waals surface area (Å²) in [7, 11) is 0. The number of ether oxygens (including phenoxy) is 1. The van der Waals surface area contributed by atoms with Crippen molar-refractivity contribution >= 4 is 22.0 Å². The second-order valence-corrected chi connectivity index (χ2v) is 7.21. The van der Waals surface area contributed by atoms with Crippen LogP contribution in [0.3, 0.4) is 0 Å². The van der Waals surface area contributed by atoms with E-state index < -0.39 is 17.4 Å². The summed E-state index contributed by atoms with van der Waals surface area (Å²) in [5.74, 6) is 0. The van der Waals surface area contributed by atoms with E-state index in [2.05, 4.69) is 31.3 Å². The number of amides is 1. The highest BCUT2D eigenvalue weighted by molar-refractivity contribution is 9.10. The Morgan fingerprint density at radius 2 is 2.19 bits per heavy atom. The number of nitrogens with one attached hydrogen (secondary N) is 1. The first-order valence-corrected chi connectivity index (χ1v) is 8.50. The molecule has 0 bridgehead atoms. The summed E-state index contributed by atoms with van der Waals surface area (Å²) in [6.45, 7) is 4.96. The van der Waals surface area contributed by atoms with Crippen LogP contribution < -0.4 is 11.0 Å². The van der Waals surface area contributed by atoms with Crippen LogP contribution in [0.4, 0.5) is 9.18 Å². The zero-order chi connectivity index (χ0) is 19.3. The molecule has 0 saturated carbocycles. The molecule has 0 unspecified atom stereocenters. The molecule has 10 heteroatoms. The van der Waals surface area contributed by atoms with E-state index in [1.165, 1.54) is 10.9 Å². The van der Waals surface area contributed by atoms with Gasteiger partial charge in [0.1, 0.15) is 16.5 Å². The van der Waals surface area contributed by atoms with Crippen LogP contribution in [-0.4, -0.2) is 37.6 Å². The molecular formula is C16H19BrFN5O3. The lowest BCUT2D eigenvalue weighted by atomic mass is 10.2. The average Bonchev–Trinajstić information content (AvgIpc) is 2.90. The predicted molar refractivity (Wildman–Crippen MR) is 96.7 cm³/mol. The van der Waals surface area contributed by atoms with Crippen molar-refractivity contribution in [3.8, 4) is 5.69 Å². The van der Waals surface area contributed by atoms with Crippen LogP contribution >= 0.6 is 15.9 Å². The van der Waals surface area contributed by atoms with Crippen molar-refractivity contribution in [2.24, 2.45) is 0 Å². The smallest absolute Gasteiger partial charge is 0.407 e. The monoisotopic (exact) mass is 427 g/mol. The third kappa shape index (κ3) is 5.51. The number of aromatic nitrogens is 4. The first kappa shape index (κ1) is 19.8. The number of carbonyl (C=O) groups is 1. The maximum absolute atomic E-state index is 13.1. The van der Waals surface area contributed by atoms with Crippen LogP contribution in [0.5, 0.6) is 0 Å². The molecule has 0 aromatic carbocycles. The molecule has 0 radical (unpaired) electrons. The minimum atomic E-state index is -0.670. The molecule has 2 aromatic rings. The first-order chi connectivity index (χ1) is 12.2.